The van der Waals surface area contributed by atoms with Gasteiger partial charge in [-0.3, -0.25) is 0 Å². The summed E-state index contributed by atoms with van der Waals surface area (Å²) in [5.74, 6) is 0. The maximum absolute atomic E-state index is 6.29. The molecule has 0 saturated carbocycles. The minimum absolute atomic E-state index is 0.124. The van der Waals surface area contributed by atoms with Crippen LogP contribution in [0.5, 0.6) is 0 Å². The van der Waals surface area contributed by atoms with Crippen molar-refractivity contribution in [3.05, 3.63) is 152 Å². The molecule has 0 bridgehead atoms. The van der Waals surface area contributed by atoms with Crippen molar-refractivity contribution in [2.45, 2.75) is 105 Å². The van der Waals surface area contributed by atoms with Crippen LogP contribution in [0.3, 0.4) is 0 Å². The third kappa shape index (κ3) is 11.0. The molecule has 276 valence electrons. The van der Waals surface area contributed by atoms with Gasteiger partial charge in [0.25, 0.3) is 0 Å². The molecule has 0 fully saturated rings. The van der Waals surface area contributed by atoms with Gasteiger partial charge in [-0.1, -0.05) is 117 Å². The summed E-state index contributed by atoms with van der Waals surface area (Å²) in [5.41, 5.74) is 8.63. The molecule has 0 aliphatic heterocycles. The minimum Gasteiger partial charge on any atom is -0.214 e. The number of fused-ring (bicyclic) bond motifs is 3. The minimum atomic E-state index is -2.51. The smallest absolute Gasteiger partial charge is 0.172 e. The Kier molecular flexibility index (Phi) is 14.1. The van der Waals surface area contributed by atoms with Crippen LogP contribution in [0.2, 0.25) is 0 Å². The van der Waals surface area contributed by atoms with Gasteiger partial charge in [0, 0.05) is 0 Å². The molecule has 0 unspecified atom stereocenters. The summed E-state index contributed by atoms with van der Waals surface area (Å²) in [6.45, 7) is 28.0. The van der Waals surface area contributed by atoms with Gasteiger partial charge < -0.3 is 0 Å². The van der Waals surface area contributed by atoms with E-state index in [4.69, 9.17) is 17.0 Å². The first-order chi connectivity index (χ1) is 24.0. The molecule has 6 aromatic carbocycles. The third-order valence-electron chi connectivity index (χ3n) is 9.22. The molecule has 0 saturated heterocycles. The normalized spacial score (nSPS) is 12.2. The summed E-state index contributed by atoms with van der Waals surface area (Å²) in [6, 6.07) is 38.5. The Morgan fingerprint density at radius 1 is 0.500 bits per heavy atom. The van der Waals surface area contributed by atoms with Crippen LogP contribution in [-0.4, -0.2) is 3.21 Å². The van der Waals surface area contributed by atoms with E-state index >= 15 is 0 Å². The molecule has 0 nitrogen and oxygen atoms in total. The maximum Gasteiger partial charge on any atom is -0.172 e. The van der Waals surface area contributed by atoms with Crippen LogP contribution in [0.25, 0.3) is 21.5 Å². The topological polar surface area (TPSA) is 0 Å². The van der Waals surface area contributed by atoms with E-state index in [0.717, 1.165) is 23.3 Å². The SMILES string of the molecule is CC(C)(C)c1cc2[cH-]c3cc(C(C)(C)C)c(C(C)(C)C)cc3c2cc1C(C)(C)C.[Cl][Zr]([Cl])=[C](c1ccc(Br)cc1)c1ccc(Br)cc1.c1cc[cH-]c1. The van der Waals surface area contributed by atoms with E-state index in [9.17, 15) is 0 Å². The van der Waals surface area contributed by atoms with Gasteiger partial charge in [-0.15, -0.1) is 39.7 Å². The van der Waals surface area contributed by atoms with E-state index in [0.29, 0.717) is 0 Å². The van der Waals surface area contributed by atoms with Gasteiger partial charge in [-0.2, -0.15) is 18.2 Å². The predicted molar refractivity (Wildman–Crippen MR) is 237 cm³/mol. The van der Waals surface area contributed by atoms with Crippen molar-refractivity contribution in [3.63, 3.8) is 0 Å². The molecule has 6 aromatic rings. The molecule has 0 atom stereocenters. The third-order valence-corrected chi connectivity index (χ3v) is 14.9. The van der Waals surface area contributed by atoms with E-state index in [1.165, 1.54) is 43.8 Å². The molecule has 0 aliphatic carbocycles. The standard InChI is InChI=1S/C29H41.C13H8Br2.C5H5.2ClH.Zr/c1-26(2,3)22-14-18-13-19-15-23(27(4,5)6)25(29(10,11)12)17-21(19)20(18)16-24(22)28(7,8)9;14-12-5-1-10(2-6-12)9-11-3-7-13(15)8-4-11;1-2-4-5-3-1;;;/h13-17H,1-12H3;1-8H;1-5H;2*1H;/q-1;;-1;;;+2/p-2. The molecule has 0 aliphatic rings. The largest absolute Gasteiger partial charge is 0.214 e. The van der Waals surface area contributed by atoms with E-state index < -0.39 is 18.9 Å². The Bertz CT molecular complexity index is 1970. The van der Waals surface area contributed by atoms with E-state index in [2.05, 4.69) is 145 Å². The van der Waals surface area contributed by atoms with Crippen molar-refractivity contribution in [1.82, 2.24) is 0 Å². The molecule has 0 spiro atoms. The summed E-state index contributed by atoms with van der Waals surface area (Å²) in [5, 5.41) is 5.57. The molecule has 0 N–H and O–H groups in total. The van der Waals surface area contributed by atoms with E-state index in [-0.39, 0.29) is 21.7 Å². The van der Waals surface area contributed by atoms with Gasteiger partial charge in [0.05, 0.1) is 0 Å². The Balaban J connectivity index is 0.000000221. The zero-order chi connectivity index (χ0) is 38.8. The second-order valence-electron chi connectivity index (χ2n) is 17.7. The van der Waals surface area contributed by atoms with E-state index in [1.54, 1.807) is 0 Å². The first-order valence-corrected chi connectivity index (χ1v) is 27.1. The fourth-order valence-corrected chi connectivity index (χ4v) is 11.5. The summed E-state index contributed by atoms with van der Waals surface area (Å²) in [6.07, 6.45) is 0. The predicted octanol–water partition coefficient (Wildman–Crippen LogP) is 16.0. The molecule has 0 aromatic heterocycles. The number of rotatable bonds is 2. The Labute approximate surface area is 345 Å². The summed E-state index contributed by atoms with van der Waals surface area (Å²) >= 11 is 4.35. The molecule has 5 heteroatoms. The molecule has 6 rings (SSSR count). The monoisotopic (exact) mass is 936 g/mol. The average Bonchev–Trinajstić information content (AvgIpc) is 3.72. The maximum atomic E-state index is 6.29. The van der Waals surface area contributed by atoms with Gasteiger partial charge in [0.15, 0.2) is 0 Å². The zero-order valence-corrected chi connectivity index (χ0v) is 40.0. The fraction of sp³-hybridized carbons (Fsp3) is 0.340. The van der Waals surface area contributed by atoms with Gasteiger partial charge in [0.2, 0.25) is 0 Å². The van der Waals surface area contributed by atoms with Crippen LogP contribution >= 0.6 is 48.9 Å². The Morgan fingerprint density at radius 2 is 0.808 bits per heavy atom. The Morgan fingerprint density at radius 3 is 1.06 bits per heavy atom. The number of benzene rings is 4. The second kappa shape index (κ2) is 17.0. The van der Waals surface area contributed by atoms with Crippen molar-refractivity contribution >= 4 is 73.6 Å². The van der Waals surface area contributed by atoms with Crippen molar-refractivity contribution in [3.8, 4) is 0 Å². The first-order valence-electron chi connectivity index (χ1n) is 18.0. The molecule has 52 heavy (non-hydrogen) atoms. The van der Waals surface area contributed by atoms with Gasteiger partial charge in [-0.25, -0.2) is 12.1 Å². The van der Waals surface area contributed by atoms with Crippen LogP contribution in [-0.2, 0) is 40.5 Å². The van der Waals surface area contributed by atoms with Crippen LogP contribution in [0.4, 0.5) is 0 Å². The number of hydrogen-bond donors (Lipinski definition) is 0. The summed E-state index contributed by atoms with van der Waals surface area (Å²) in [7, 11) is 12.6. The van der Waals surface area contributed by atoms with Crippen LogP contribution in [0, 0.1) is 0 Å². The quantitative estimate of drug-likeness (QED) is 0.152. The van der Waals surface area contributed by atoms with Crippen LogP contribution in [0.1, 0.15) is 116 Å². The fourth-order valence-electron chi connectivity index (χ4n) is 6.53. The summed E-state index contributed by atoms with van der Waals surface area (Å²) in [4.78, 5) is 0. The van der Waals surface area contributed by atoms with Gasteiger partial charge in [0.1, 0.15) is 0 Å². The van der Waals surface area contributed by atoms with Crippen molar-refractivity contribution in [1.29, 1.82) is 0 Å². The first kappa shape index (κ1) is 43.1. The zero-order valence-electron chi connectivity index (χ0n) is 32.9. The van der Waals surface area contributed by atoms with Crippen LogP contribution < -0.4 is 0 Å². The molecule has 0 amide bonds. The van der Waals surface area contributed by atoms with Crippen molar-refractivity contribution < 1.29 is 18.9 Å². The average molecular weight is 941 g/mol. The summed E-state index contributed by atoms with van der Waals surface area (Å²) < 4.78 is 3.21. The molecule has 0 heterocycles. The van der Waals surface area contributed by atoms with Gasteiger partial charge >= 0.3 is 140 Å². The number of halogens is 4. The molecular weight excluding hydrogens is 886 g/mol. The van der Waals surface area contributed by atoms with Crippen molar-refractivity contribution in [2.75, 3.05) is 0 Å². The van der Waals surface area contributed by atoms with E-state index in [1.807, 2.05) is 78.9 Å². The second-order valence-corrected chi connectivity index (χ2v) is 27.7. The Hall–Kier alpha value is -1.61. The van der Waals surface area contributed by atoms with Gasteiger partial charge in [-0.05, 0) is 21.7 Å². The molecular formula is C47H54Br2Cl2Zr-2. The van der Waals surface area contributed by atoms with Crippen LogP contribution in [0.15, 0.2) is 118 Å². The number of hydrogen-bond acceptors (Lipinski definition) is 0. The molecule has 0 radical (unpaired) electrons. The van der Waals surface area contributed by atoms with Crippen molar-refractivity contribution in [2.24, 2.45) is 0 Å².